The van der Waals surface area contributed by atoms with Crippen molar-refractivity contribution in [2.45, 2.75) is 38.1 Å². The molecule has 0 heterocycles. The molecule has 0 radical (unpaired) electrons. The van der Waals surface area contributed by atoms with Crippen molar-refractivity contribution in [3.63, 3.8) is 0 Å². The monoisotopic (exact) mass is 468 g/mol. The predicted octanol–water partition coefficient (Wildman–Crippen LogP) is 3.55. The Labute approximate surface area is 199 Å². The number of fused-ring (bicyclic) bond motifs is 3. The molecule has 0 spiro atoms. The van der Waals surface area contributed by atoms with Gasteiger partial charge in [0.05, 0.1) is 6.61 Å². The molecule has 2 amide bonds. The van der Waals surface area contributed by atoms with E-state index in [4.69, 9.17) is 14.6 Å². The van der Waals surface area contributed by atoms with E-state index in [9.17, 15) is 14.4 Å². The Hall–Kier alpha value is -3.39. The minimum Gasteiger partial charge on any atom is -0.481 e. The number of carbonyl (C=O) groups is 3. The molecule has 3 rings (SSSR count). The second kappa shape index (κ2) is 12.2. The maximum Gasteiger partial charge on any atom is 0.407 e. The van der Waals surface area contributed by atoms with Gasteiger partial charge in [-0.1, -0.05) is 55.5 Å². The molecule has 2 atom stereocenters. The van der Waals surface area contributed by atoms with Crippen LogP contribution in [0.3, 0.4) is 0 Å². The zero-order valence-corrected chi connectivity index (χ0v) is 19.6. The molecule has 1 aliphatic rings. The van der Waals surface area contributed by atoms with Crippen LogP contribution >= 0.6 is 0 Å². The lowest BCUT2D eigenvalue weighted by Crippen LogP contribution is -2.48. The van der Waals surface area contributed by atoms with E-state index >= 15 is 0 Å². The third-order valence-electron chi connectivity index (χ3n) is 6.14. The number of aliphatic carboxylic acids is 1. The molecular formula is C26H32N2O6. The van der Waals surface area contributed by atoms with Crippen LogP contribution in [0.15, 0.2) is 48.5 Å². The average molecular weight is 469 g/mol. The number of hydrogen-bond acceptors (Lipinski definition) is 5. The molecule has 2 aromatic carbocycles. The van der Waals surface area contributed by atoms with E-state index in [-0.39, 0.29) is 31.3 Å². The number of carboxylic acids is 1. The minimum absolute atomic E-state index is 0.0353. The fourth-order valence-electron chi connectivity index (χ4n) is 4.24. The number of rotatable bonds is 12. The summed E-state index contributed by atoms with van der Waals surface area (Å²) >= 11 is 0. The third-order valence-corrected chi connectivity index (χ3v) is 6.14. The number of carboxylic acid groups (broad SMARTS) is 1. The second-order valence-electron chi connectivity index (χ2n) is 8.43. The van der Waals surface area contributed by atoms with Gasteiger partial charge in [-0.2, -0.15) is 0 Å². The summed E-state index contributed by atoms with van der Waals surface area (Å²) < 4.78 is 10.7. The molecule has 182 valence electrons. The molecule has 0 aromatic heterocycles. The summed E-state index contributed by atoms with van der Waals surface area (Å²) in [5, 5.41) is 14.4. The van der Waals surface area contributed by atoms with Gasteiger partial charge < -0.3 is 25.2 Å². The number of carbonyl (C=O) groups excluding carboxylic acids is 2. The van der Waals surface area contributed by atoms with Crippen LogP contribution in [0.5, 0.6) is 0 Å². The molecule has 0 aliphatic heterocycles. The number of nitrogens with one attached hydrogen (secondary N) is 2. The van der Waals surface area contributed by atoms with Gasteiger partial charge in [-0.25, -0.2) is 4.79 Å². The van der Waals surface area contributed by atoms with Gasteiger partial charge in [0.25, 0.3) is 0 Å². The number of benzene rings is 2. The Morgan fingerprint density at radius 1 is 1.03 bits per heavy atom. The van der Waals surface area contributed by atoms with Crippen molar-refractivity contribution in [1.82, 2.24) is 10.6 Å². The highest BCUT2D eigenvalue weighted by Gasteiger charge is 2.30. The Morgan fingerprint density at radius 3 is 2.21 bits per heavy atom. The van der Waals surface area contributed by atoms with E-state index in [0.717, 1.165) is 28.7 Å². The van der Waals surface area contributed by atoms with Crippen molar-refractivity contribution in [3.8, 4) is 11.1 Å². The molecule has 8 heteroatoms. The van der Waals surface area contributed by atoms with Gasteiger partial charge in [0.1, 0.15) is 12.6 Å². The fraction of sp³-hybridized carbons (Fsp3) is 0.423. The van der Waals surface area contributed by atoms with Crippen molar-refractivity contribution >= 4 is 18.0 Å². The number of ether oxygens (including phenoxy) is 2. The SMILES string of the molecule is CCC(CNC(=O)C(CCC(=O)O)NC(=O)OCC1c2ccccc2-c2ccccc21)COC. The van der Waals surface area contributed by atoms with Crippen molar-refractivity contribution in [2.24, 2.45) is 5.92 Å². The molecule has 3 N–H and O–H groups in total. The Balaban J connectivity index is 1.62. The standard InChI is InChI=1S/C26H32N2O6/c1-3-17(15-33-2)14-27-25(31)23(12-13-24(29)30)28-26(32)34-16-22-20-10-6-4-8-18(20)19-9-5-7-11-21(19)22/h4-11,17,22-23H,3,12-16H2,1-2H3,(H,27,31)(H,28,32)(H,29,30). The first-order valence-electron chi connectivity index (χ1n) is 11.5. The number of amides is 2. The topological polar surface area (TPSA) is 114 Å². The zero-order valence-electron chi connectivity index (χ0n) is 19.6. The Bertz CT molecular complexity index is 963. The second-order valence-corrected chi connectivity index (χ2v) is 8.43. The summed E-state index contributed by atoms with van der Waals surface area (Å²) in [6.45, 7) is 2.97. The maximum atomic E-state index is 12.7. The van der Waals surface area contributed by atoms with Crippen LogP contribution in [-0.2, 0) is 19.1 Å². The summed E-state index contributed by atoms with van der Waals surface area (Å²) in [6, 6.07) is 15.0. The largest absolute Gasteiger partial charge is 0.481 e. The summed E-state index contributed by atoms with van der Waals surface area (Å²) in [6.07, 6.45) is -0.228. The molecule has 0 saturated carbocycles. The first kappa shape index (κ1) is 25.2. The lowest BCUT2D eigenvalue weighted by atomic mass is 9.98. The van der Waals surface area contributed by atoms with Gasteiger partial charge >= 0.3 is 12.1 Å². The van der Waals surface area contributed by atoms with Gasteiger partial charge in [0, 0.05) is 26.0 Å². The number of alkyl carbamates (subject to hydrolysis) is 1. The van der Waals surface area contributed by atoms with Crippen molar-refractivity contribution < 1.29 is 29.0 Å². The van der Waals surface area contributed by atoms with Gasteiger partial charge in [0.15, 0.2) is 0 Å². The highest BCUT2D eigenvalue weighted by Crippen LogP contribution is 2.44. The fourth-order valence-corrected chi connectivity index (χ4v) is 4.24. The quantitative estimate of drug-likeness (QED) is 0.439. The smallest absolute Gasteiger partial charge is 0.407 e. The van der Waals surface area contributed by atoms with Crippen molar-refractivity contribution in [1.29, 1.82) is 0 Å². The van der Waals surface area contributed by atoms with Gasteiger partial charge in [0.2, 0.25) is 5.91 Å². The van der Waals surface area contributed by atoms with Crippen LogP contribution in [0, 0.1) is 5.92 Å². The first-order valence-corrected chi connectivity index (χ1v) is 11.5. The van der Waals surface area contributed by atoms with Crippen LogP contribution in [0.2, 0.25) is 0 Å². The van der Waals surface area contributed by atoms with Crippen LogP contribution < -0.4 is 10.6 Å². The summed E-state index contributed by atoms with van der Waals surface area (Å²) in [5.74, 6) is -1.46. The van der Waals surface area contributed by atoms with E-state index in [1.807, 2.05) is 55.5 Å². The van der Waals surface area contributed by atoms with Gasteiger partial charge in [-0.15, -0.1) is 0 Å². The van der Waals surface area contributed by atoms with Crippen molar-refractivity contribution in [3.05, 3.63) is 59.7 Å². The van der Waals surface area contributed by atoms with E-state index in [1.54, 1.807) is 7.11 Å². The molecule has 0 bridgehead atoms. The number of hydrogen-bond donors (Lipinski definition) is 3. The van der Waals surface area contributed by atoms with Crippen molar-refractivity contribution in [2.75, 3.05) is 26.9 Å². The van der Waals surface area contributed by atoms with E-state index in [1.165, 1.54) is 0 Å². The molecule has 0 fully saturated rings. The molecule has 34 heavy (non-hydrogen) atoms. The summed E-state index contributed by atoms with van der Waals surface area (Å²) in [5.41, 5.74) is 4.40. The lowest BCUT2D eigenvalue weighted by Gasteiger charge is -2.21. The summed E-state index contributed by atoms with van der Waals surface area (Å²) in [4.78, 5) is 36.3. The third kappa shape index (κ3) is 6.35. The Kier molecular flexibility index (Phi) is 9.04. The maximum absolute atomic E-state index is 12.7. The first-order chi connectivity index (χ1) is 16.4. The predicted molar refractivity (Wildman–Crippen MR) is 128 cm³/mol. The molecule has 8 nitrogen and oxygen atoms in total. The van der Waals surface area contributed by atoms with Crippen LogP contribution in [0.25, 0.3) is 11.1 Å². The average Bonchev–Trinajstić information content (AvgIpc) is 3.16. The molecule has 2 unspecified atom stereocenters. The Morgan fingerprint density at radius 2 is 1.65 bits per heavy atom. The highest BCUT2D eigenvalue weighted by atomic mass is 16.5. The van der Waals surface area contributed by atoms with E-state index < -0.39 is 24.0 Å². The normalized spacial score (nSPS) is 13.9. The minimum atomic E-state index is -1.04. The lowest BCUT2D eigenvalue weighted by molar-refractivity contribution is -0.137. The van der Waals surface area contributed by atoms with E-state index in [0.29, 0.717) is 13.2 Å². The van der Waals surface area contributed by atoms with Crippen LogP contribution in [0.1, 0.15) is 43.2 Å². The van der Waals surface area contributed by atoms with Crippen LogP contribution in [-0.4, -0.2) is 56.0 Å². The number of methoxy groups -OCH3 is 1. The zero-order chi connectivity index (χ0) is 24.5. The highest BCUT2D eigenvalue weighted by molar-refractivity contribution is 5.86. The molecule has 0 saturated heterocycles. The molecule has 1 aliphatic carbocycles. The summed E-state index contributed by atoms with van der Waals surface area (Å²) in [7, 11) is 1.60. The van der Waals surface area contributed by atoms with Crippen LogP contribution in [0.4, 0.5) is 4.79 Å². The molecule has 2 aromatic rings. The van der Waals surface area contributed by atoms with E-state index in [2.05, 4.69) is 10.6 Å². The van der Waals surface area contributed by atoms with Gasteiger partial charge in [-0.3, -0.25) is 9.59 Å². The molecular weight excluding hydrogens is 436 g/mol. The van der Waals surface area contributed by atoms with Gasteiger partial charge in [-0.05, 0) is 41.0 Å².